The average Bonchev–Trinajstić information content (AvgIpc) is 3.11. The Morgan fingerprint density at radius 3 is 3.14 bits per heavy atom. The molecule has 5 nitrogen and oxygen atoms in total. The van der Waals surface area contributed by atoms with Crippen LogP contribution in [0.4, 0.5) is 0 Å². The fraction of sp³-hybridized carbons (Fsp3) is 0.688. The Bertz CT molecular complexity index is 545. The topological polar surface area (TPSA) is 42.0 Å². The maximum absolute atomic E-state index is 12.9. The number of nitrogens with zero attached hydrogens (tertiary/aromatic N) is 2. The van der Waals surface area contributed by atoms with E-state index in [0.717, 1.165) is 37.7 Å². The molecule has 3 rings (SSSR count). The highest BCUT2D eigenvalue weighted by Crippen LogP contribution is 2.42. The summed E-state index contributed by atoms with van der Waals surface area (Å²) in [6.07, 6.45) is 0. The Labute approximate surface area is 135 Å². The van der Waals surface area contributed by atoms with Gasteiger partial charge in [0.1, 0.15) is 10.6 Å². The maximum Gasteiger partial charge on any atom is 0.267 e. The largest absolute Gasteiger partial charge is 0.492 e. The molecule has 6 heteroatoms. The molecule has 0 radical (unpaired) electrons. The number of amides is 1. The standard InChI is InChI=1S/C16H24N2O3S/c1-4-21-13-5-6-22-14(13)15(19)18-7-12-8-20-11-16(12,10-18)9-17(2)3/h5-6,12H,4,7-11H2,1-3H3/t12-,16+/m0/s1. The van der Waals surface area contributed by atoms with Gasteiger partial charge in [-0.2, -0.15) is 0 Å². The summed E-state index contributed by atoms with van der Waals surface area (Å²) >= 11 is 1.47. The maximum atomic E-state index is 12.9. The van der Waals surface area contributed by atoms with Gasteiger partial charge >= 0.3 is 0 Å². The van der Waals surface area contributed by atoms with Gasteiger partial charge < -0.3 is 19.3 Å². The number of hydrogen-bond acceptors (Lipinski definition) is 5. The normalized spacial score (nSPS) is 27.5. The first-order chi connectivity index (χ1) is 10.6. The lowest BCUT2D eigenvalue weighted by Crippen LogP contribution is -2.41. The number of fused-ring (bicyclic) bond motifs is 1. The van der Waals surface area contributed by atoms with E-state index in [9.17, 15) is 4.79 Å². The van der Waals surface area contributed by atoms with Crippen molar-refractivity contribution < 1.29 is 14.3 Å². The van der Waals surface area contributed by atoms with Gasteiger partial charge in [-0.1, -0.05) is 0 Å². The highest BCUT2D eigenvalue weighted by Gasteiger charge is 2.52. The van der Waals surface area contributed by atoms with Crippen LogP contribution in [0.15, 0.2) is 11.4 Å². The smallest absolute Gasteiger partial charge is 0.267 e. The Hall–Kier alpha value is -1.11. The lowest BCUT2D eigenvalue weighted by atomic mass is 9.81. The van der Waals surface area contributed by atoms with Crippen molar-refractivity contribution in [2.24, 2.45) is 11.3 Å². The van der Waals surface area contributed by atoms with E-state index in [2.05, 4.69) is 19.0 Å². The summed E-state index contributed by atoms with van der Waals surface area (Å²) in [5.41, 5.74) is 0.0855. The van der Waals surface area contributed by atoms with E-state index in [-0.39, 0.29) is 11.3 Å². The predicted octanol–water partition coefficient (Wildman–Crippen LogP) is 1.80. The zero-order valence-corrected chi connectivity index (χ0v) is 14.3. The van der Waals surface area contributed by atoms with E-state index in [4.69, 9.17) is 9.47 Å². The molecule has 22 heavy (non-hydrogen) atoms. The van der Waals surface area contributed by atoms with Crippen LogP contribution in [-0.4, -0.2) is 69.3 Å². The molecule has 2 atom stereocenters. The van der Waals surface area contributed by atoms with Crippen LogP contribution in [0, 0.1) is 11.3 Å². The van der Waals surface area contributed by atoms with Crippen LogP contribution in [0.25, 0.3) is 0 Å². The monoisotopic (exact) mass is 324 g/mol. The van der Waals surface area contributed by atoms with Crippen molar-refractivity contribution in [1.29, 1.82) is 0 Å². The molecule has 0 aliphatic carbocycles. The minimum Gasteiger partial charge on any atom is -0.492 e. The van der Waals surface area contributed by atoms with Crippen LogP contribution in [0.1, 0.15) is 16.6 Å². The lowest BCUT2D eigenvalue weighted by molar-refractivity contribution is 0.0698. The molecule has 1 aromatic rings. The number of hydrogen-bond donors (Lipinski definition) is 0. The number of thiophene rings is 1. The number of rotatable bonds is 5. The molecule has 1 amide bonds. The second-order valence-corrected chi connectivity index (χ2v) is 7.46. The van der Waals surface area contributed by atoms with Gasteiger partial charge in [0.2, 0.25) is 0 Å². The summed E-state index contributed by atoms with van der Waals surface area (Å²) in [5.74, 6) is 1.26. The molecule has 0 unspecified atom stereocenters. The van der Waals surface area contributed by atoms with Gasteiger partial charge in [-0.05, 0) is 32.5 Å². The summed E-state index contributed by atoms with van der Waals surface area (Å²) in [6.45, 7) is 6.56. The van der Waals surface area contributed by atoms with Gasteiger partial charge in [-0.25, -0.2) is 0 Å². The fourth-order valence-electron chi connectivity index (χ4n) is 3.71. The van der Waals surface area contributed by atoms with Crippen LogP contribution in [-0.2, 0) is 4.74 Å². The number of carbonyl (C=O) groups excluding carboxylic acids is 1. The Morgan fingerprint density at radius 2 is 2.41 bits per heavy atom. The summed E-state index contributed by atoms with van der Waals surface area (Å²) in [7, 11) is 4.17. The molecule has 3 heterocycles. The van der Waals surface area contributed by atoms with Gasteiger partial charge in [-0.3, -0.25) is 4.79 Å². The van der Waals surface area contributed by atoms with E-state index in [0.29, 0.717) is 18.3 Å². The second kappa shape index (κ2) is 6.18. The third-order valence-electron chi connectivity index (χ3n) is 4.56. The van der Waals surface area contributed by atoms with Crippen molar-refractivity contribution in [3.8, 4) is 5.75 Å². The third kappa shape index (κ3) is 2.75. The summed E-state index contributed by atoms with van der Waals surface area (Å²) in [4.78, 5) is 17.8. The Morgan fingerprint density at radius 1 is 1.59 bits per heavy atom. The van der Waals surface area contributed by atoms with Crippen LogP contribution in [0.2, 0.25) is 0 Å². The molecule has 2 fully saturated rings. The molecule has 0 N–H and O–H groups in total. The first-order valence-electron chi connectivity index (χ1n) is 7.78. The summed E-state index contributed by atoms with van der Waals surface area (Å²) < 4.78 is 11.3. The van der Waals surface area contributed by atoms with Crippen molar-refractivity contribution in [1.82, 2.24) is 9.80 Å². The molecule has 122 valence electrons. The molecule has 0 bridgehead atoms. The zero-order chi connectivity index (χ0) is 15.7. The minimum atomic E-state index is 0.0855. The van der Waals surface area contributed by atoms with E-state index < -0.39 is 0 Å². The van der Waals surface area contributed by atoms with E-state index in [1.54, 1.807) is 0 Å². The molecule has 2 aliphatic heterocycles. The number of likely N-dealkylation sites (tertiary alicyclic amines) is 1. The van der Waals surface area contributed by atoms with Crippen molar-refractivity contribution in [2.75, 3.05) is 53.6 Å². The van der Waals surface area contributed by atoms with Crippen molar-refractivity contribution in [3.63, 3.8) is 0 Å². The van der Waals surface area contributed by atoms with Gasteiger partial charge in [0, 0.05) is 31.0 Å². The quantitative estimate of drug-likeness (QED) is 0.828. The molecular weight excluding hydrogens is 300 g/mol. The van der Waals surface area contributed by atoms with E-state index in [1.807, 2.05) is 23.3 Å². The molecule has 2 aliphatic rings. The Kier molecular flexibility index (Phi) is 4.43. The lowest BCUT2D eigenvalue weighted by Gasteiger charge is -2.30. The second-order valence-electron chi connectivity index (χ2n) is 6.54. The number of carbonyl (C=O) groups is 1. The molecule has 0 spiro atoms. The predicted molar refractivity (Wildman–Crippen MR) is 86.7 cm³/mol. The highest BCUT2D eigenvalue weighted by molar-refractivity contribution is 7.12. The van der Waals surface area contributed by atoms with Gasteiger partial charge in [0.05, 0.1) is 19.8 Å². The molecule has 0 aromatic carbocycles. The molecule has 1 aromatic heterocycles. The first-order valence-corrected chi connectivity index (χ1v) is 8.66. The van der Waals surface area contributed by atoms with Crippen LogP contribution in [0.3, 0.4) is 0 Å². The fourth-order valence-corrected chi connectivity index (χ4v) is 4.51. The van der Waals surface area contributed by atoms with Gasteiger partial charge in [0.15, 0.2) is 0 Å². The first kappa shape index (κ1) is 15.8. The van der Waals surface area contributed by atoms with Crippen LogP contribution >= 0.6 is 11.3 Å². The van der Waals surface area contributed by atoms with Crippen molar-refractivity contribution in [2.45, 2.75) is 6.92 Å². The summed E-state index contributed by atoms with van der Waals surface area (Å²) in [5, 5.41) is 1.92. The SMILES string of the molecule is CCOc1ccsc1C(=O)N1C[C@H]2COC[C@@]2(CN(C)C)C1. The van der Waals surface area contributed by atoms with Gasteiger partial charge in [0.25, 0.3) is 5.91 Å². The summed E-state index contributed by atoms with van der Waals surface area (Å²) in [6, 6.07) is 1.89. The molecule has 0 saturated carbocycles. The number of ether oxygens (including phenoxy) is 2. The van der Waals surface area contributed by atoms with Crippen LogP contribution in [0.5, 0.6) is 5.75 Å². The minimum absolute atomic E-state index is 0.0855. The molecular formula is C16H24N2O3S. The van der Waals surface area contributed by atoms with E-state index in [1.165, 1.54) is 11.3 Å². The zero-order valence-electron chi connectivity index (χ0n) is 13.5. The molecule has 2 saturated heterocycles. The van der Waals surface area contributed by atoms with Crippen molar-refractivity contribution in [3.05, 3.63) is 16.3 Å². The highest BCUT2D eigenvalue weighted by atomic mass is 32.1. The van der Waals surface area contributed by atoms with Gasteiger partial charge in [-0.15, -0.1) is 11.3 Å². The van der Waals surface area contributed by atoms with Crippen molar-refractivity contribution >= 4 is 17.2 Å². The average molecular weight is 324 g/mol. The van der Waals surface area contributed by atoms with E-state index >= 15 is 0 Å². The Balaban J connectivity index is 1.76. The third-order valence-corrected chi connectivity index (χ3v) is 5.45. The van der Waals surface area contributed by atoms with Crippen LogP contribution < -0.4 is 4.74 Å².